The zero-order valence-electron chi connectivity index (χ0n) is 20.8. The number of methoxy groups -OCH3 is 2. The number of carbonyl (C=O) groups excluding carboxylic acids is 2. The summed E-state index contributed by atoms with van der Waals surface area (Å²) in [5.41, 5.74) is 1.99. The Morgan fingerprint density at radius 1 is 0.833 bits per heavy atom. The van der Waals surface area contributed by atoms with Crippen LogP contribution in [0.2, 0.25) is 0 Å². The molecule has 2 amide bonds. The molecule has 0 aliphatic heterocycles. The lowest BCUT2D eigenvalue weighted by Gasteiger charge is -2.12. The van der Waals surface area contributed by atoms with E-state index in [1.165, 1.54) is 0 Å². The quantitative estimate of drug-likeness (QED) is 0.332. The van der Waals surface area contributed by atoms with E-state index in [0.717, 1.165) is 18.4 Å². The van der Waals surface area contributed by atoms with Crippen molar-refractivity contribution in [2.45, 2.75) is 26.3 Å². The fourth-order valence-corrected chi connectivity index (χ4v) is 3.30. The van der Waals surface area contributed by atoms with Crippen LogP contribution < -0.4 is 29.6 Å². The van der Waals surface area contributed by atoms with Gasteiger partial charge < -0.3 is 29.6 Å². The molecule has 0 radical (unpaired) electrons. The zero-order valence-corrected chi connectivity index (χ0v) is 20.8. The Kier molecular flexibility index (Phi) is 10.00. The van der Waals surface area contributed by atoms with Crippen LogP contribution in [0.4, 0.5) is 5.69 Å². The van der Waals surface area contributed by atoms with Crippen molar-refractivity contribution in [2.24, 2.45) is 0 Å². The number of carbonyl (C=O) groups is 2. The number of hydrogen-bond donors (Lipinski definition) is 2. The van der Waals surface area contributed by atoms with Crippen LogP contribution in [0.25, 0.3) is 0 Å². The summed E-state index contributed by atoms with van der Waals surface area (Å²) < 4.78 is 21.8. The normalized spacial score (nSPS) is 10.3. The number of anilines is 1. The van der Waals surface area contributed by atoms with Gasteiger partial charge in [0.2, 0.25) is 0 Å². The fourth-order valence-electron chi connectivity index (χ4n) is 3.30. The molecule has 3 aromatic rings. The molecule has 36 heavy (non-hydrogen) atoms. The molecule has 0 unspecified atom stereocenters. The van der Waals surface area contributed by atoms with Gasteiger partial charge in [-0.15, -0.1) is 0 Å². The van der Waals surface area contributed by atoms with E-state index in [9.17, 15) is 9.59 Å². The summed E-state index contributed by atoms with van der Waals surface area (Å²) in [7, 11) is 3.16. The SMILES string of the molecule is CCCCOc1ccc(CNC(=O)c2ccc(OCC(=O)Nc3cccc(OC)c3)cc2)cc1OC. The second kappa shape index (κ2) is 13.6. The first-order chi connectivity index (χ1) is 17.5. The van der Waals surface area contributed by atoms with Gasteiger partial charge in [0.05, 0.1) is 20.8 Å². The lowest BCUT2D eigenvalue weighted by molar-refractivity contribution is -0.118. The van der Waals surface area contributed by atoms with Crippen molar-refractivity contribution in [1.82, 2.24) is 5.32 Å². The minimum absolute atomic E-state index is 0.164. The van der Waals surface area contributed by atoms with E-state index < -0.39 is 0 Å². The number of nitrogens with one attached hydrogen (secondary N) is 2. The monoisotopic (exact) mass is 492 g/mol. The number of benzene rings is 3. The third kappa shape index (κ3) is 7.94. The molecule has 0 aliphatic rings. The van der Waals surface area contributed by atoms with Crippen molar-refractivity contribution in [3.63, 3.8) is 0 Å². The first kappa shape index (κ1) is 26.4. The average molecular weight is 493 g/mol. The Morgan fingerprint density at radius 3 is 2.36 bits per heavy atom. The highest BCUT2D eigenvalue weighted by molar-refractivity contribution is 5.94. The highest BCUT2D eigenvalue weighted by Gasteiger charge is 2.10. The van der Waals surface area contributed by atoms with E-state index in [4.69, 9.17) is 18.9 Å². The van der Waals surface area contributed by atoms with E-state index in [2.05, 4.69) is 17.6 Å². The molecule has 0 aromatic heterocycles. The van der Waals surface area contributed by atoms with E-state index in [1.54, 1.807) is 62.8 Å². The van der Waals surface area contributed by atoms with Gasteiger partial charge in [-0.2, -0.15) is 0 Å². The molecule has 0 spiro atoms. The van der Waals surface area contributed by atoms with Crippen LogP contribution in [0.3, 0.4) is 0 Å². The van der Waals surface area contributed by atoms with Crippen LogP contribution in [0.15, 0.2) is 66.7 Å². The summed E-state index contributed by atoms with van der Waals surface area (Å²) in [6, 6.07) is 19.3. The molecule has 3 rings (SSSR count). The van der Waals surface area contributed by atoms with Crippen LogP contribution in [0, 0.1) is 0 Å². The van der Waals surface area contributed by atoms with Crippen molar-refractivity contribution in [3.8, 4) is 23.0 Å². The van der Waals surface area contributed by atoms with E-state index >= 15 is 0 Å². The first-order valence-electron chi connectivity index (χ1n) is 11.8. The smallest absolute Gasteiger partial charge is 0.262 e. The molecule has 2 N–H and O–H groups in total. The van der Waals surface area contributed by atoms with Gasteiger partial charge in [-0.1, -0.05) is 25.5 Å². The first-order valence-corrected chi connectivity index (χ1v) is 11.8. The van der Waals surface area contributed by atoms with Crippen molar-refractivity contribution in [2.75, 3.05) is 32.8 Å². The second-order valence-corrected chi connectivity index (χ2v) is 7.96. The van der Waals surface area contributed by atoms with E-state index in [1.807, 2.05) is 18.2 Å². The average Bonchev–Trinajstić information content (AvgIpc) is 2.91. The van der Waals surface area contributed by atoms with Gasteiger partial charge in [0.25, 0.3) is 11.8 Å². The Labute approximate surface area is 211 Å². The van der Waals surface area contributed by atoms with Gasteiger partial charge in [0, 0.05) is 23.9 Å². The zero-order chi connectivity index (χ0) is 25.8. The topological polar surface area (TPSA) is 95.1 Å². The molecule has 0 aliphatic carbocycles. The Bertz CT molecular complexity index is 1150. The number of amides is 2. The third-order valence-electron chi connectivity index (χ3n) is 5.28. The van der Waals surface area contributed by atoms with Crippen molar-refractivity contribution >= 4 is 17.5 Å². The van der Waals surface area contributed by atoms with Crippen LogP contribution in [0.5, 0.6) is 23.0 Å². The van der Waals surface area contributed by atoms with E-state index in [-0.39, 0.29) is 18.4 Å². The lowest BCUT2D eigenvalue weighted by atomic mass is 10.1. The maximum absolute atomic E-state index is 12.6. The Balaban J connectivity index is 1.47. The van der Waals surface area contributed by atoms with Crippen molar-refractivity contribution in [1.29, 1.82) is 0 Å². The molecule has 0 fully saturated rings. The molecule has 0 atom stereocenters. The minimum Gasteiger partial charge on any atom is -0.497 e. The van der Waals surface area contributed by atoms with Gasteiger partial charge in [0.15, 0.2) is 18.1 Å². The standard InChI is InChI=1S/C28H32N2O6/c1-4-5-15-35-25-14-9-20(16-26(25)34-3)18-29-28(32)21-10-12-23(13-11-21)36-19-27(31)30-22-7-6-8-24(17-22)33-2/h6-14,16-17H,4-5,15,18-19H2,1-3H3,(H,29,32)(H,30,31). The van der Waals surface area contributed by atoms with Crippen molar-refractivity contribution in [3.05, 3.63) is 77.9 Å². The largest absolute Gasteiger partial charge is 0.497 e. The van der Waals surface area contributed by atoms with Gasteiger partial charge in [-0.3, -0.25) is 9.59 Å². The molecule has 0 heterocycles. The predicted molar refractivity (Wildman–Crippen MR) is 138 cm³/mol. The molecule has 0 bridgehead atoms. The summed E-state index contributed by atoms with van der Waals surface area (Å²) in [6.45, 7) is 2.92. The van der Waals surface area contributed by atoms with Crippen LogP contribution in [0.1, 0.15) is 35.7 Å². The Hall–Kier alpha value is -4.20. The lowest BCUT2D eigenvalue weighted by Crippen LogP contribution is -2.23. The number of hydrogen-bond acceptors (Lipinski definition) is 6. The second-order valence-electron chi connectivity index (χ2n) is 7.96. The summed E-state index contributed by atoms with van der Waals surface area (Å²) in [5, 5.41) is 5.64. The van der Waals surface area contributed by atoms with Crippen molar-refractivity contribution < 1.29 is 28.5 Å². The molecular formula is C28H32N2O6. The molecule has 0 saturated heterocycles. The van der Waals surface area contributed by atoms with Gasteiger partial charge in [-0.25, -0.2) is 0 Å². The highest BCUT2D eigenvalue weighted by atomic mass is 16.5. The molecule has 8 nitrogen and oxygen atoms in total. The fraction of sp³-hybridized carbons (Fsp3) is 0.286. The molecule has 3 aromatic carbocycles. The van der Waals surface area contributed by atoms with Gasteiger partial charge >= 0.3 is 0 Å². The van der Waals surface area contributed by atoms with Crippen LogP contribution in [-0.2, 0) is 11.3 Å². The molecule has 190 valence electrons. The maximum Gasteiger partial charge on any atom is 0.262 e. The third-order valence-corrected chi connectivity index (χ3v) is 5.28. The molecule has 0 saturated carbocycles. The maximum atomic E-state index is 12.6. The summed E-state index contributed by atoms with van der Waals surface area (Å²) in [6.07, 6.45) is 2.03. The summed E-state index contributed by atoms with van der Waals surface area (Å²) in [5.74, 6) is 1.93. The number of ether oxygens (including phenoxy) is 4. The summed E-state index contributed by atoms with van der Waals surface area (Å²) in [4.78, 5) is 24.7. The predicted octanol–water partition coefficient (Wildman–Crippen LogP) is 4.83. The number of rotatable bonds is 13. The molecule has 8 heteroatoms. The minimum atomic E-state index is -0.303. The van der Waals surface area contributed by atoms with E-state index in [0.29, 0.717) is 47.4 Å². The highest BCUT2D eigenvalue weighted by Crippen LogP contribution is 2.28. The van der Waals surface area contributed by atoms with Gasteiger partial charge in [0.1, 0.15) is 11.5 Å². The van der Waals surface area contributed by atoms with Gasteiger partial charge in [-0.05, 0) is 60.5 Å². The Morgan fingerprint density at radius 2 is 1.64 bits per heavy atom. The summed E-state index contributed by atoms with van der Waals surface area (Å²) >= 11 is 0. The molecular weight excluding hydrogens is 460 g/mol. The number of unbranched alkanes of at least 4 members (excludes halogenated alkanes) is 1. The van der Waals surface area contributed by atoms with Crippen LogP contribution >= 0.6 is 0 Å². The van der Waals surface area contributed by atoms with Crippen LogP contribution in [-0.4, -0.2) is 39.2 Å².